The molecule has 0 aliphatic carbocycles. The fraction of sp³-hybridized carbons (Fsp3) is 0.188. The Morgan fingerprint density at radius 1 is 1.09 bits per heavy atom. The minimum absolute atomic E-state index is 0.341. The molecule has 22 heavy (non-hydrogen) atoms. The van der Waals surface area contributed by atoms with Crippen LogP contribution in [0.2, 0.25) is 0 Å². The first-order valence-corrected chi connectivity index (χ1v) is 7.65. The van der Waals surface area contributed by atoms with Crippen molar-refractivity contribution in [1.82, 2.24) is 20.2 Å². The number of tetrazole rings is 1. The van der Waals surface area contributed by atoms with E-state index in [4.69, 9.17) is 0 Å². The van der Waals surface area contributed by atoms with E-state index in [0.29, 0.717) is 12.3 Å². The minimum atomic E-state index is 0.341. The summed E-state index contributed by atoms with van der Waals surface area (Å²) in [6, 6.07) is 11.8. The number of phenolic OH excluding ortho intramolecular Hbond substituents is 1. The summed E-state index contributed by atoms with van der Waals surface area (Å²) in [7, 11) is 0. The monoisotopic (exact) mass is 358 g/mol. The molecule has 0 aliphatic heterocycles. The van der Waals surface area contributed by atoms with Crippen molar-refractivity contribution in [2.75, 3.05) is 0 Å². The third-order valence-corrected chi connectivity index (χ3v) is 4.05. The van der Waals surface area contributed by atoms with Crippen molar-refractivity contribution >= 4 is 15.9 Å². The van der Waals surface area contributed by atoms with Crippen molar-refractivity contribution in [2.24, 2.45) is 0 Å². The highest BCUT2D eigenvalue weighted by molar-refractivity contribution is 9.10. The number of hydrogen-bond donors (Lipinski definition) is 1. The van der Waals surface area contributed by atoms with Crippen molar-refractivity contribution in [3.63, 3.8) is 0 Å². The van der Waals surface area contributed by atoms with Gasteiger partial charge in [0.2, 0.25) is 0 Å². The number of rotatable bonds is 3. The second-order valence-electron chi connectivity index (χ2n) is 5.25. The average molecular weight is 359 g/mol. The van der Waals surface area contributed by atoms with Crippen LogP contribution in [-0.4, -0.2) is 25.3 Å². The van der Waals surface area contributed by atoms with E-state index < -0.39 is 0 Å². The van der Waals surface area contributed by atoms with Crippen LogP contribution in [0.1, 0.15) is 16.7 Å². The summed E-state index contributed by atoms with van der Waals surface area (Å²) in [4.78, 5) is 0. The number of aromatic hydroxyl groups is 1. The lowest BCUT2D eigenvalue weighted by molar-refractivity contribution is 0.466. The summed E-state index contributed by atoms with van der Waals surface area (Å²) in [6.45, 7) is 4.34. The largest absolute Gasteiger partial charge is 0.507 e. The van der Waals surface area contributed by atoms with Gasteiger partial charge < -0.3 is 5.11 Å². The quantitative estimate of drug-likeness (QED) is 0.778. The molecule has 0 radical (unpaired) electrons. The summed E-state index contributed by atoms with van der Waals surface area (Å²) < 4.78 is 2.77. The third-order valence-electron chi connectivity index (χ3n) is 3.52. The van der Waals surface area contributed by atoms with Gasteiger partial charge in [-0.1, -0.05) is 40.2 Å². The van der Waals surface area contributed by atoms with Gasteiger partial charge >= 0.3 is 0 Å². The molecule has 1 N–H and O–H groups in total. The van der Waals surface area contributed by atoms with Crippen LogP contribution < -0.4 is 0 Å². The second-order valence-corrected chi connectivity index (χ2v) is 6.16. The number of phenols is 1. The van der Waals surface area contributed by atoms with Gasteiger partial charge in [-0.05, 0) is 53.1 Å². The van der Waals surface area contributed by atoms with E-state index in [1.165, 1.54) is 0 Å². The van der Waals surface area contributed by atoms with Gasteiger partial charge in [0, 0.05) is 10.0 Å². The molecule has 0 fully saturated rings. The van der Waals surface area contributed by atoms with Gasteiger partial charge in [-0.3, -0.25) is 0 Å². The van der Waals surface area contributed by atoms with Crippen molar-refractivity contribution in [2.45, 2.75) is 20.4 Å². The summed E-state index contributed by atoms with van der Waals surface area (Å²) in [5, 5.41) is 21.8. The molecule has 112 valence electrons. The van der Waals surface area contributed by atoms with Crippen LogP contribution >= 0.6 is 15.9 Å². The van der Waals surface area contributed by atoms with Gasteiger partial charge in [0.05, 0.1) is 6.54 Å². The molecule has 6 heteroatoms. The zero-order valence-electron chi connectivity index (χ0n) is 12.3. The minimum Gasteiger partial charge on any atom is -0.507 e. The highest BCUT2D eigenvalue weighted by Gasteiger charge is 2.11. The number of aryl methyl sites for hydroxylation is 2. The Morgan fingerprint density at radius 2 is 1.73 bits per heavy atom. The van der Waals surface area contributed by atoms with Crippen LogP contribution in [0.25, 0.3) is 11.4 Å². The molecule has 5 nitrogen and oxygen atoms in total. The highest BCUT2D eigenvalue weighted by Crippen LogP contribution is 2.24. The van der Waals surface area contributed by atoms with Crippen molar-refractivity contribution in [1.29, 1.82) is 0 Å². The van der Waals surface area contributed by atoms with E-state index in [-0.39, 0.29) is 0 Å². The maximum atomic E-state index is 9.86. The lowest BCUT2D eigenvalue weighted by Gasteiger charge is -2.09. The molecule has 0 saturated heterocycles. The Labute approximate surface area is 136 Å². The lowest BCUT2D eigenvalue weighted by atomic mass is 10.1. The van der Waals surface area contributed by atoms with Gasteiger partial charge in [0.1, 0.15) is 5.75 Å². The molecule has 0 unspecified atom stereocenters. The molecule has 0 spiro atoms. The lowest BCUT2D eigenvalue weighted by Crippen LogP contribution is -2.05. The van der Waals surface area contributed by atoms with Gasteiger partial charge in [0.25, 0.3) is 0 Å². The predicted octanol–water partition coefficient (Wildman–Crippen LogP) is 3.47. The molecule has 2 aromatic carbocycles. The number of hydrogen-bond acceptors (Lipinski definition) is 4. The molecule has 0 atom stereocenters. The molecule has 3 rings (SSSR count). The molecule has 0 amide bonds. The fourth-order valence-corrected chi connectivity index (χ4v) is 2.69. The van der Waals surface area contributed by atoms with E-state index in [1.54, 1.807) is 4.68 Å². The molecule has 0 bridgehead atoms. The predicted molar refractivity (Wildman–Crippen MR) is 87.6 cm³/mol. The Morgan fingerprint density at radius 3 is 2.36 bits per heavy atom. The van der Waals surface area contributed by atoms with Crippen LogP contribution in [0.4, 0.5) is 0 Å². The number of nitrogens with zero attached hydrogens (tertiary/aromatic N) is 4. The van der Waals surface area contributed by atoms with E-state index in [2.05, 4.69) is 31.5 Å². The van der Waals surface area contributed by atoms with E-state index in [0.717, 1.165) is 32.6 Å². The first-order valence-electron chi connectivity index (χ1n) is 6.86. The zero-order chi connectivity index (χ0) is 15.7. The Hall–Kier alpha value is -2.21. The van der Waals surface area contributed by atoms with Crippen LogP contribution in [0.3, 0.4) is 0 Å². The Kier molecular flexibility index (Phi) is 3.94. The number of halogens is 1. The third kappa shape index (κ3) is 2.87. The fourth-order valence-electron chi connectivity index (χ4n) is 2.43. The van der Waals surface area contributed by atoms with Crippen molar-refractivity contribution < 1.29 is 5.11 Å². The van der Waals surface area contributed by atoms with Gasteiger partial charge in [0.15, 0.2) is 5.82 Å². The first-order chi connectivity index (χ1) is 10.5. The normalized spacial score (nSPS) is 10.9. The van der Waals surface area contributed by atoms with E-state index in [9.17, 15) is 5.11 Å². The summed E-state index contributed by atoms with van der Waals surface area (Å²) in [6.07, 6.45) is 0. The molecular formula is C16H15BrN4O. The van der Waals surface area contributed by atoms with Crippen LogP contribution in [0.5, 0.6) is 5.75 Å². The standard InChI is InChI=1S/C16H15BrN4O/c1-10-7-12(8-11(2)15(10)22)9-21-16(18-19-20-21)13-3-5-14(17)6-4-13/h3-8,22H,9H2,1-2H3. The van der Waals surface area contributed by atoms with Crippen LogP contribution in [0, 0.1) is 13.8 Å². The summed E-state index contributed by atoms with van der Waals surface area (Å²) in [5.41, 5.74) is 3.72. The highest BCUT2D eigenvalue weighted by atomic mass is 79.9. The zero-order valence-corrected chi connectivity index (χ0v) is 13.9. The molecule has 1 aromatic heterocycles. The van der Waals surface area contributed by atoms with Gasteiger partial charge in [-0.2, -0.15) is 0 Å². The number of benzene rings is 2. The smallest absolute Gasteiger partial charge is 0.182 e. The molecular weight excluding hydrogens is 344 g/mol. The summed E-state index contributed by atoms with van der Waals surface area (Å²) >= 11 is 3.42. The maximum absolute atomic E-state index is 9.86. The summed E-state index contributed by atoms with van der Waals surface area (Å²) in [5.74, 6) is 1.06. The number of aromatic nitrogens is 4. The first kappa shape index (κ1) is 14.7. The SMILES string of the molecule is Cc1cc(Cn2nnnc2-c2ccc(Br)cc2)cc(C)c1O. The second kappa shape index (κ2) is 5.88. The Bertz CT molecular complexity index is 788. The van der Waals surface area contributed by atoms with Gasteiger partial charge in [-0.25, -0.2) is 4.68 Å². The van der Waals surface area contributed by atoms with Gasteiger partial charge in [-0.15, -0.1) is 5.10 Å². The molecule has 1 heterocycles. The van der Waals surface area contributed by atoms with Crippen molar-refractivity contribution in [3.05, 3.63) is 57.6 Å². The average Bonchev–Trinajstić information content (AvgIpc) is 2.93. The van der Waals surface area contributed by atoms with E-state index in [1.807, 2.05) is 50.2 Å². The topological polar surface area (TPSA) is 63.8 Å². The van der Waals surface area contributed by atoms with E-state index >= 15 is 0 Å². The molecule has 0 saturated carbocycles. The molecule has 3 aromatic rings. The van der Waals surface area contributed by atoms with Crippen LogP contribution in [-0.2, 0) is 6.54 Å². The van der Waals surface area contributed by atoms with Crippen molar-refractivity contribution in [3.8, 4) is 17.1 Å². The Balaban J connectivity index is 1.94. The molecule has 0 aliphatic rings. The maximum Gasteiger partial charge on any atom is 0.182 e. The van der Waals surface area contributed by atoms with Crippen LogP contribution in [0.15, 0.2) is 40.9 Å².